The molecule has 2 aromatic rings. The molecule has 0 fully saturated rings. The van der Waals surface area contributed by atoms with E-state index in [-0.39, 0.29) is 5.91 Å². The molecule has 0 bridgehead atoms. The first-order chi connectivity index (χ1) is 9.97. The van der Waals surface area contributed by atoms with Crippen LogP contribution in [0.3, 0.4) is 0 Å². The van der Waals surface area contributed by atoms with Crippen LogP contribution in [0, 0.1) is 6.92 Å². The number of likely N-dealkylation sites (N-methyl/N-ethyl adjacent to an activating group) is 1. The molecule has 21 heavy (non-hydrogen) atoms. The number of aliphatic hydroxyl groups is 1. The molecule has 3 rings (SSSR count). The van der Waals surface area contributed by atoms with E-state index < -0.39 is 6.10 Å². The quantitative estimate of drug-likeness (QED) is 0.925. The van der Waals surface area contributed by atoms with Crippen LogP contribution in [0.2, 0.25) is 5.02 Å². The van der Waals surface area contributed by atoms with E-state index in [2.05, 4.69) is 0 Å². The van der Waals surface area contributed by atoms with Gasteiger partial charge in [0.2, 0.25) is 5.91 Å². The molecule has 1 heterocycles. The Balaban J connectivity index is 2.00. The lowest BCUT2D eigenvalue weighted by Gasteiger charge is -2.16. The molecule has 4 heteroatoms. The Bertz CT molecular complexity index is 727. The Morgan fingerprint density at radius 1 is 1.24 bits per heavy atom. The molecule has 0 radical (unpaired) electrons. The molecule has 2 aromatic carbocycles. The lowest BCUT2D eigenvalue weighted by molar-refractivity contribution is -0.117. The van der Waals surface area contributed by atoms with Crippen LogP contribution in [-0.4, -0.2) is 18.1 Å². The summed E-state index contributed by atoms with van der Waals surface area (Å²) in [5, 5.41) is 11.2. The molecule has 0 saturated heterocycles. The number of carbonyl (C=O) groups is 1. The van der Waals surface area contributed by atoms with Gasteiger partial charge in [-0.2, -0.15) is 0 Å². The molecular weight excluding hydrogens is 286 g/mol. The summed E-state index contributed by atoms with van der Waals surface area (Å²) in [4.78, 5) is 13.4. The van der Waals surface area contributed by atoms with Gasteiger partial charge in [0.15, 0.2) is 0 Å². The summed E-state index contributed by atoms with van der Waals surface area (Å²) in [7, 11) is 1.77. The van der Waals surface area contributed by atoms with Gasteiger partial charge in [-0.3, -0.25) is 4.79 Å². The maximum Gasteiger partial charge on any atom is 0.231 e. The monoisotopic (exact) mass is 301 g/mol. The number of rotatable bonds is 2. The SMILES string of the molecule is Cc1ccc(Cl)cc1C(O)c1ccc2c(c1)CC(=O)N2C. The highest BCUT2D eigenvalue weighted by Crippen LogP contribution is 2.33. The van der Waals surface area contributed by atoms with E-state index in [1.165, 1.54) is 0 Å². The van der Waals surface area contributed by atoms with Crippen LogP contribution in [-0.2, 0) is 11.2 Å². The molecule has 1 N–H and O–H groups in total. The standard InChI is InChI=1S/C17H16ClNO2/c1-10-3-5-13(18)9-14(10)17(21)11-4-6-15-12(7-11)8-16(20)19(15)2/h3-7,9,17,21H,8H2,1-2H3. The summed E-state index contributed by atoms with van der Waals surface area (Å²) in [6.45, 7) is 1.94. The van der Waals surface area contributed by atoms with Crippen molar-refractivity contribution in [2.24, 2.45) is 0 Å². The normalized spacial score (nSPS) is 15.2. The van der Waals surface area contributed by atoms with Crippen LogP contribution < -0.4 is 4.90 Å². The van der Waals surface area contributed by atoms with E-state index in [1.807, 2.05) is 37.3 Å². The maximum absolute atomic E-state index is 11.7. The smallest absolute Gasteiger partial charge is 0.231 e. The van der Waals surface area contributed by atoms with E-state index in [9.17, 15) is 9.90 Å². The second-order valence-electron chi connectivity index (χ2n) is 5.42. The van der Waals surface area contributed by atoms with Crippen LogP contribution in [0.4, 0.5) is 5.69 Å². The Hall–Kier alpha value is -1.84. The van der Waals surface area contributed by atoms with Gasteiger partial charge in [0, 0.05) is 17.8 Å². The number of fused-ring (bicyclic) bond motifs is 1. The molecule has 0 aromatic heterocycles. The number of aryl methyl sites for hydroxylation is 1. The molecule has 0 saturated carbocycles. The van der Waals surface area contributed by atoms with Crippen LogP contribution in [0.15, 0.2) is 36.4 Å². The third-order valence-electron chi connectivity index (χ3n) is 4.03. The minimum Gasteiger partial charge on any atom is -0.384 e. The molecule has 1 aliphatic heterocycles. The minimum absolute atomic E-state index is 0.0792. The third-order valence-corrected chi connectivity index (χ3v) is 4.27. The predicted octanol–water partition coefficient (Wildman–Crippen LogP) is 3.25. The highest BCUT2D eigenvalue weighted by molar-refractivity contribution is 6.30. The molecule has 0 spiro atoms. The van der Waals surface area contributed by atoms with Crippen molar-refractivity contribution in [1.82, 2.24) is 0 Å². The summed E-state index contributed by atoms with van der Waals surface area (Å²) in [6.07, 6.45) is -0.351. The first-order valence-electron chi connectivity index (χ1n) is 6.81. The fourth-order valence-corrected chi connectivity index (χ4v) is 2.93. The Kier molecular flexibility index (Phi) is 3.47. The van der Waals surface area contributed by atoms with Gasteiger partial charge >= 0.3 is 0 Å². The fourth-order valence-electron chi connectivity index (χ4n) is 2.75. The van der Waals surface area contributed by atoms with Gasteiger partial charge in [-0.05, 0) is 47.4 Å². The highest BCUT2D eigenvalue weighted by Gasteiger charge is 2.25. The summed E-state index contributed by atoms with van der Waals surface area (Å²) in [6, 6.07) is 11.1. The van der Waals surface area contributed by atoms with Gasteiger partial charge in [0.1, 0.15) is 6.10 Å². The second kappa shape index (κ2) is 5.17. The van der Waals surface area contributed by atoms with Crippen molar-refractivity contribution in [1.29, 1.82) is 0 Å². The van der Waals surface area contributed by atoms with Crippen molar-refractivity contribution in [2.75, 3.05) is 11.9 Å². The Labute approximate surface area is 128 Å². The van der Waals surface area contributed by atoms with Crippen LogP contribution in [0.25, 0.3) is 0 Å². The van der Waals surface area contributed by atoms with Crippen molar-refractivity contribution in [2.45, 2.75) is 19.4 Å². The lowest BCUT2D eigenvalue weighted by Crippen LogP contribution is -2.20. The van der Waals surface area contributed by atoms with E-state index in [0.717, 1.165) is 27.9 Å². The zero-order valence-corrected chi connectivity index (χ0v) is 12.7. The van der Waals surface area contributed by atoms with Crippen LogP contribution >= 0.6 is 11.6 Å². The summed E-state index contributed by atoms with van der Waals surface area (Å²) >= 11 is 6.02. The number of amides is 1. The Morgan fingerprint density at radius 3 is 2.76 bits per heavy atom. The number of benzene rings is 2. The molecule has 108 valence electrons. The summed E-state index contributed by atoms with van der Waals surface area (Å²) < 4.78 is 0. The zero-order chi connectivity index (χ0) is 15.1. The molecule has 1 aliphatic rings. The van der Waals surface area contributed by atoms with Gasteiger partial charge in [-0.15, -0.1) is 0 Å². The number of hydrogen-bond acceptors (Lipinski definition) is 2. The molecular formula is C17H16ClNO2. The number of anilines is 1. The van der Waals surface area contributed by atoms with Crippen molar-refractivity contribution in [3.8, 4) is 0 Å². The zero-order valence-electron chi connectivity index (χ0n) is 11.9. The summed E-state index contributed by atoms with van der Waals surface area (Å²) in [5.74, 6) is 0.0792. The van der Waals surface area contributed by atoms with Gasteiger partial charge in [0.25, 0.3) is 0 Å². The molecule has 1 amide bonds. The molecule has 3 nitrogen and oxygen atoms in total. The van der Waals surface area contributed by atoms with E-state index in [4.69, 9.17) is 11.6 Å². The van der Waals surface area contributed by atoms with Crippen molar-refractivity contribution < 1.29 is 9.90 Å². The number of nitrogens with zero attached hydrogens (tertiary/aromatic N) is 1. The average molecular weight is 302 g/mol. The van der Waals surface area contributed by atoms with Crippen molar-refractivity contribution in [3.63, 3.8) is 0 Å². The topological polar surface area (TPSA) is 40.5 Å². The second-order valence-corrected chi connectivity index (χ2v) is 5.86. The number of hydrogen-bond donors (Lipinski definition) is 1. The van der Waals surface area contributed by atoms with Gasteiger partial charge in [-0.1, -0.05) is 29.8 Å². The van der Waals surface area contributed by atoms with E-state index in [0.29, 0.717) is 11.4 Å². The Morgan fingerprint density at radius 2 is 2.00 bits per heavy atom. The van der Waals surface area contributed by atoms with Gasteiger partial charge in [0.05, 0.1) is 6.42 Å². The third kappa shape index (κ3) is 2.43. The largest absolute Gasteiger partial charge is 0.384 e. The molecule has 1 atom stereocenters. The van der Waals surface area contributed by atoms with Crippen LogP contribution in [0.5, 0.6) is 0 Å². The van der Waals surface area contributed by atoms with E-state index >= 15 is 0 Å². The van der Waals surface area contributed by atoms with Crippen molar-refractivity contribution >= 4 is 23.2 Å². The van der Waals surface area contributed by atoms with Crippen LogP contribution in [0.1, 0.15) is 28.4 Å². The first-order valence-corrected chi connectivity index (χ1v) is 7.18. The maximum atomic E-state index is 11.7. The van der Waals surface area contributed by atoms with Crippen molar-refractivity contribution in [3.05, 3.63) is 63.7 Å². The summed E-state index contributed by atoms with van der Waals surface area (Å²) in [5.41, 5.74) is 4.43. The average Bonchev–Trinajstić information content (AvgIpc) is 2.75. The van der Waals surface area contributed by atoms with Gasteiger partial charge in [-0.25, -0.2) is 0 Å². The predicted molar refractivity (Wildman–Crippen MR) is 83.8 cm³/mol. The molecule has 1 unspecified atom stereocenters. The van der Waals surface area contributed by atoms with Gasteiger partial charge < -0.3 is 10.0 Å². The number of carbonyl (C=O) groups excluding carboxylic acids is 1. The first kappa shape index (κ1) is 14.1. The minimum atomic E-state index is -0.741. The number of halogens is 1. The fraction of sp³-hybridized carbons (Fsp3) is 0.235. The number of aliphatic hydroxyl groups excluding tert-OH is 1. The molecule has 0 aliphatic carbocycles. The lowest BCUT2D eigenvalue weighted by atomic mass is 9.96. The van der Waals surface area contributed by atoms with E-state index in [1.54, 1.807) is 18.0 Å². The highest BCUT2D eigenvalue weighted by atomic mass is 35.5.